The Bertz CT molecular complexity index is 395. The molecule has 1 aliphatic rings. The van der Waals surface area contributed by atoms with E-state index in [9.17, 15) is 9.90 Å². The molecule has 18 heavy (non-hydrogen) atoms. The molecule has 1 aliphatic carbocycles. The Hall–Kier alpha value is -1.55. The minimum Gasteiger partial charge on any atom is -0.393 e. The third-order valence-corrected chi connectivity index (χ3v) is 3.44. The maximum atomic E-state index is 11.4. The van der Waals surface area contributed by atoms with Crippen molar-refractivity contribution >= 4 is 11.6 Å². The molecular weight excluding hydrogens is 228 g/mol. The third kappa shape index (κ3) is 3.23. The Morgan fingerprint density at radius 3 is 2.33 bits per heavy atom. The molecule has 98 valence electrons. The van der Waals surface area contributed by atoms with Crippen LogP contribution in [0.3, 0.4) is 0 Å². The van der Waals surface area contributed by atoms with E-state index in [0.29, 0.717) is 11.6 Å². The lowest BCUT2D eigenvalue weighted by molar-refractivity contribution is 0.0963. The van der Waals surface area contributed by atoms with Crippen LogP contribution >= 0.6 is 0 Å². The summed E-state index contributed by atoms with van der Waals surface area (Å²) in [5.74, 6) is -0.0673. The highest BCUT2D eigenvalue weighted by molar-refractivity contribution is 5.94. The van der Waals surface area contributed by atoms with Gasteiger partial charge in [-0.3, -0.25) is 4.79 Å². The lowest BCUT2D eigenvalue weighted by atomic mass is 9.93. The zero-order valence-electron chi connectivity index (χ0n) is 10.6. The van der Waals surface area contributed by atoms with Gasteiger partial charge < -0.3 is 15.7 Å². The summed E-state index contributed by atoms with van der Waals surface area (Å²) in [6, 6.07) is 7.92. The fourth-order valence-corrected chi connectivity index (χ4v) is 2.32. The van der Waals surface area contributed by atoms with Crippen molar-refractivity contribution in [3.05, 3.63) is 29.8 Å². The lowest BCUT2D eigenvalue weighted by Crippen LogP contribution is -2.28. The number of aliphatic hydroxyl groups is 1. The Morgan fingerprint density at radius 2 is 1.78 bits per heavy atom. The Balaban J connectivity index is 1.92. The number of carbonyl (C=O) groups excluding carboxylic acids is 1. The van der Waals surface area contributed by atoms with E-state index in [1.165, 1.54) is 0 Å². The molecule has 0 unspecified atom stereocenters. The highest BCUT2D eigenvalue weighted by atomic mass is 16.3. The third-order valence-electron chi connectivity index (χ3n) is 3.44. The summed E-state index contributed by atoms with van der Waals surface area (Å²) < 4.78 is 0. The molecule has 1 aromatic carbocycles. The van der Waals surface area contributed by atoms with Crippen LogP contribution in [0, 0.1) is 0 Å². The summed E-state index contributed by atoms with van der Waals surface area (Å²) in [7, 11) is 1.63. The number of rotatable bonds is 3. The van der Waals surface area contributed by atoms with Crippen molar-refractivity contribution in [2.24, 2.45) is 0 Å². The van der Waals surface area contributed by atoms with Crippen LogP contribution in [-0.2, 0) is 0 Å². The van der Waals surface area contributed by atoms with Crippen molar-refractivity contribution in [3.8, 4) is 0 Å². The van der Waals surface area contributed by atoms with Crippen LogP contribution in [0.15, 0.2) is 24.3 Å². The smallest absolute Gasteiger partial charge is 0.251 e. The highest BCUT2D eigenvalue weighted by Crippen LogP contribution is 2.22. The van der Waals surface area contributed by atoms with Gasteiger partial charge in [-0.2, -0.15) is 0 Å². The van der Waals surface area contributed by atoms with Gasteiger partial charge in [-0.1, -0.05) is 0 Å². The number of aliphatic hydroxyl groups excluding tert-OH is 1. The van der Waals surface area contributed by atoms with Crippen molar-refractivity contribution in [1.82, 2.24) is 5.32 Å². The number of carbonyl (C=O) groups is 1. The molecule has 1 fully saturated rings. The molecular formula is C14H20N2O2. The van der Waals surface area contributed by atoms with Gasteiger partial charge in [-0.15, -0.1) is 0 Å². The number of anilines is 1. The van der Waals surface area contributed by atoms with E-state index in [1.54, 1.807) is 7.05 Å². The molecule has 0 atom stereocenters. The van der Waals surface area contributed by atoms with E-state index in [1.807, 2.05) is 24.3 Å². The predicted molar refractivity (Wildman–Crippen MR) is 71.7 cm³/mol. The number of hydrogen-bond donors (Lipinski definition) is 3. The van der Waals surface area contributed by atoms with Crippen molar-refractivity contribution in [2.45, 2.75) is 37.8 Å². The van der Waals surface area contributed by atoms with Crippen LogP contribution in [0.25, 0.3) is 0 Å². The molecule has 0 radical (unpaired) electrons. The minimum atomic E-state index is -0.126. The molecule has 4 nitrogen and oxygen atoms in total. The summed E-state index contributed by atoms with van der Waals surface area (Å²) in [6.45, 7) is 0. The Morgan fingerprint density at radius 1 is 1.17 bits per heavy atom. The van der Waals surface area contributed by atoms with Crippen LogP contribution in [0.1, 0.15) is 36.0 Å². The molecule has 0 aromatic heterocycles. The SMILES string of the molecule is CNC(=O)c1ccc(NC2CCC(O)CC2)cc1. The first-order valence-electron chi connectivity index (χ1n) is 6.46. The van der Waals surface area contributed by atoms with Gasteiger partial charge in [0.25, 0.3) is 5.91 Å². The molecule has 0 heterocycles. The zero-order valence-corrected chi connectivity index (χ0v) is 10.6. The molecule has 0 aliphatic heterocycles. The van der Waals surface area contributed by atoms with Gasteiger partial charge in [0.15, 0.2) is 0 Å². The second-order valence-electron chi connectivity index (χ2n) is 4.81. The summed E-state index contributed by atoms with van der Waals surface area (Å²) >= 11 is 0. The molecule has 3 N–H and O–H groups in total. The summed E-state index contributed by atoms with van der Waals surface area (Å²) in [4.78, 5) is 11.4. The molecule has 2 rings (SSSR count). The average Bonchev–Trinajstić information content (AvgIpc) is 2.41. The maximum Gasteiger partial charge on any atom is 0.251 e. The van der Waals surface area contributed by atoms with Crippen molar-refractivity contribution in [2.75, 3.05) is 12.4 Å². The lowest BCUT2D eigenvalue weighted by Gasteiger charge is -2.27. The van der Waals surface area contributed by atoms with E-state index in [0.717, 1.165) is 31.4 Å². The summed E-state index contributed by atoms with van der Waals surface area (Å²) in [5.41, 5.74) is 1.70. The maximum absolute atomic E-state index is 11.4. The first-order valence-corrected chi connectivity index (χ1v) is 6.46. The van der Waals surface area contributed by atoms with E-state index in [2.05, 4.69) is 10.6 Å². The number of nitrogens with one attached hydrogen (secondary N) is 2. The van der Waals surface area contributed by atoms with Crippen LogP contribution in [-0.4, -0.2) is 30.2 Å². The molecule has 1 aromatic rings. The molecule has 0 spiro atoms. The first kappa shape index (κ1) is 12.9. The summed E-state index contributed by atoms with van der Waals surface area (Å²) in [6.07, 6.45) is 3.61. The van der Waals surface area contributed by atoms with Crippen molar-refractivity contribution in [1.29, 1.82) is 0 Å². The van der Waals surface area contributed by atoms with Crippen LogP contribution in [0.5, 0.6) is 0 Å². The van der Waals surface area contributed by atoms with E-state index < -0.39 is 0 Å². The molecule has 1 saturated carbocycles. The van der Waals surface area contributed by atoms with Gasteiger partial charge in [0.05, 0.1) is 6.10 Å². The van der Waals surface area contributed by atoms with Gasteiger partial charge >= 0.3 is 0 Å². The van der Waals surface area contributed by atoms with Crippen LogP contribution in [0.4, 0.5) is 5.69 Å². The zero-order chi connectivity index (χ0) is 13.0. The van der Waals surface area contributed by atoms with Crippen molar-refractivity contribution < 1.29 is 9.90 Å². The van der Waals surface area contributed by atoms with Gasteiger partial charge in [0, 0.05) is 24.3 Å². The normalized spacial score (nSPS) is 23.4. The van der Waals surface area contributed by atoms with E-state index in [4.69, 9.17) is 0 Å². The van der Waals surface area contributed by atoms with Gasteiger partial charge in [-0.25, -0.2) is 0 Å². The van der Waals surface area contributed by atoms with E-state index >= 15 is 0 Å². The number of benzene rings is 1. The topological polar surface area (TPSA) is 61.4 Å². The highest BCUT2D eigenvalue weighted by Gasteiger charge is 2.18. The van der Waals surface area contributed by atoms with E-state index in [-0.39, 0.29) is 12.0 Å². The van der Waals surface area contributed by atoms with Gasteiger partial charge in [-0.05, 0) is 49.9 Å². The predicted octanol–water partition coefficient (Wildman–Crippen LogP) is 1.76. The number of hydrogen-bond acceptors (Lipinski definition) is 3. The van der Waals surface area contributed by atoms with Crippen molar-refractivity contribution in [3.63, 3.8) is 0 Å². The molecule has 0 saturated heterocycles. The van der Waals surface area contributed by atoms with Gasteiger partial charge in [0.1, 0.15) is 0 Å². The quantitative estimate of drug-likeness (QED) is 0.764. The minimum absolute atomic E-state index is 0.0673. The standard InChI is InChI=1S/C14H20N2O2/c1-15-14(18)10-2-4-11(5-3-10)16-12-6-8-13(17)9-7-12/h2-5,12-13,16-17H,6-9H2,1H3,(H,15,18). The van der Waals surface area contributed by atoms with Crippen LogP contribution in [0.2, 0.25) is 0 Å². The van der Waals surface area contributed by atoms with Gasteiger partial charge in [0.2, 0.25) is 0 Å². The average molecular weight is 248 g/mol. The van der Waals surface area contributed by atoms with Crippen LogP contribution < -0.4 is 10.6 Å². The monoisotopic (exact) mass is 248 g/mol. The molecule has 4 heteroatoms. The molecule has 0 bridgehead atoms. The fourth-order valence-electron chi connectivity index (χ4n) is 2.32. The largest absolute Gasteiger partial charge is 0.393 e. The summed E-state index contributed by atoms with van der Waals surface area (Å²) in [5, 5.41) is 15.5. The Kier molecular flexibility index (Phi) is 4.20. The fraction of sp³-hybridized carbons (Fsp3) is 0.500. The second-order valence-corrected chi connectivity index (χ2v) is 4.81. The Labute approximate surface area is 107 Å². The second kappa shape index (κ2) is 5.87. The molecule has 1 amide bonds. The number of amides is 1. The first-order chi connectivity index (χ1) is 8.69.